The smallest absolute Gasteiger partial charge is 0.254 e. The highest BCUT2D eigenvalue weighted by molar-refractivity contribution is 5.94. The van der Waals surface area contributed by atoms with Crippen LogP contribution >= 0.6 is 0 Å². The van der Waals surface area contributed by atoms with Crippen LogP contribution in [0.25, 0.3) is 0 Å². The second-order valence-corrected chi connectivity index (χ2v) is 4.17. The van der Waals surface area contributed by atoms with E-state index in [1.54, 1.807) is 0 Å². The van der Waals surface area contributed by atoms with E-state index in [1.165, 1.54) is 18.2 Å². The molecular formula is C14H11F3N2O. The van der Waals surface area contributed by atoms with Gasteiger partial charge in [-0.1, -0.05) is 6.07 Å². The molecule has 0 atom stereocenters. The molecule has 2 aromatic carbocycles. The highest BCUT2D eigenvalue weighted by Gasteiger charge is 2.11. The first-order valence-corrected chi connectivity index (χ1v) is 5.74. The Balaban J connectivity index is 2.06. The first-order valence-electron chi connectivity index (χ1n) is 5.74. The quantitative estimate of drug-likeness (QED) is 0.849. The number of hydrogen-bond acceptors (Lipinski definition) is 2. The molecule has 2 rings (SSSR count). The van der Waals surface area contributed by atoms with Crippen LogP contribution in [0.5, 0.6) is 0 Å². The van der Waals surface area contributed by atoms with Crippen molar-refractivity contribution in [1.29, 1.82) is 0 Å². The molecule has 0 unspecified atom stereocenters. The van der Waals surface area contributed by atoms with Gasteiger partial charge >= 0.3 is 0 Å². The topological polar surface area (TPSA) is 55.1 Å². The van der Waals surface area contributed by atoms with Crippen LogP contribution in [0.3, 0.4) is 0 Å². The Hall–Kier alpha value is -2.50. The first-order chi connectivity index (χ1) is 9.47. The number of nitrogens with two attached hydrogens (primary N) is 1. The van der Waals surface area contributed by atoms with Crippen molar-refractivity contribution in [3.8, 4) is 0 Å². The van der Waals surface area contributed by atoms with E-state index in [9.17, 15) is 18.0 Å². The monoisotopic (exact) mass is 280 g/mol. The molecule has 6 heteroatoms. The lowest BCUT2D eigenvalue weighted by Crippen LogP contribution is -2.24. The van der Waals surface area contributed by atoms with Crippen molar-refractivity contribution in [2.24, 2.45) is 0 Å². The van der Waals surface area contributed by atoms with Gasteiger partial charge < -0.3 is 11.1 Å². The van der Waals surface area contributed by atoms with Crippen LogP contribution in [0.1, 0.15) is 15.9 Å². The number of carbonyl (C=O) groups is 1. The van der Waals surface area contributed by atoms with Crippen LogP contribution < -0.4 is 11.1 Å². The van der Waals surface area contributed by atoms with Crippen molar-refractivity contribution in [2.45, 2.75) is 6.54 Å². The van der Waals surface area contributed by atoms with E-state index in [1.807, 2.05) is 0 Å². The maximum Gasteiger partial charge on any atom is 0.254 e. The highest BCUT2D eigenvalue weighted by Crippen LogP contribution is 2.12. The molecule has 1 amide bonds. The third-order valence-electron chi connectivity index (χ3n) is 2.67. The van der Waals surface area contributed by atoms with Gasteiger partial charge in [-0.25, -0.2) is 13.2 Å². The van der Waals surface area contributed by atoms with Crippen LogP contribution in [0.15, 0.2) is 36.4 Å². The van der Waals surface area contributed by atoms with Crippen LogP contribution in [0, 0.1) is 17.5 Å². The number of hydrogen-bond donors (Lipinski definition) is 2. The number of carbonyl (C=O) groups excluding carboxylic acids is 1. The number of anilines is 1. The molecule has 0 aliphatic carbocycles. The standard InChI is InChI=1S/C14H11F3N2O/c15-11-4-1-8(5-13(11)17)7-19-14(20)10-3-2-9(18)6-12(10)16/h1-6H,7,18H2,(H,19,20). The summed E-state index contributed by atoms with van der Waals surface area (Å²) in [5, 5.41) is 2.41. The summed E-state index contributed by atoms with van der Waals surface area (Å²) in [6.45, 7) is -0.0418. The average molecular weight is 280 g/mol. The molecule has 0 bridgehead atoms. The Morgan fingerprint density at radius 1 is 1.00 bits per heavy atom. The number of nitrogens with one attached hydrogen (secondary N) is 1. The molecule has 20 heavy (non-hydrogen) atoms. The molecule has 0 aliphatic rings. The molecule has 0 heterocycles. The minimum atomic E-state index is -1.00. The number of amides is 1. The second-order valence-electron chi connectivity index (χ2n) is 4.17. The predicted octanol–water partition coefficient (Wildman–Crippen LogP) is 2.62. The van der Waals surface area contributed by atoms with Crippen molar-refractivity contribution < 1.29 is 18.0 Å². The molecule has 3 nitrogen and oxygen atoms in total. The summed E-state index contributed by atoms with van der Waals surface area (Å²) >= 11 is 0. The second kappa shape index (κ2) is 5.64. The van der Waals surface area contributed by atoms with Gasteiger partial charge in [-0.05, 0) is 35.9 Å². The lowest BCUT2D eigenvalue weighted by Gasteiger charge is -2.07. The minimum absolute atomic E-state index is 0.0418. The van der Waals surface area contributed by atoms with Gasteiger partial charge in [0.05, 0.1) is 5.56 Å². The SMILES string of the molecule is Nc1ccc(C(=O)NCc2ccc(F)c(F)c2)c(F)c1. The van der Waals surface area contributed by atoms with Gasteiger partial charge in [0.15, 0.2) is 11.6 Å². The van der Waals surface area contributed by atoms with Crippen LogP contribution in [-0.2, 0) is 6.54 Å². The first kappa shape index (κ1) is 13.9. The number of benzene rings is 2. The normalized spacial score (nSPS) is 10.3. The van der Waals surface area contributed by atoms with E-state index in [0.717, 1.165) is 18.2 Å². The Morgan fingerprint density at radius 2 is 1.75 bits per heavy atom. The van der Waals surface area contributed by atoms with Crippen LogP contribution in [0.2, 0.25) is 0 Å². The van der Waals surface area contributed by atoms with Crippen molar-refractivity contribution in [3.05, 3.63) is 65.0 Å². The molecule has 0 aromatic heterocycles. The zero-order valence-corrected chi connectivity index (χ0v) is 10.3. The minimum Gasteiger partial charge on any atom is -0.399 e. The van der Waals surface area contributed by atoms with Crippen molar-refractivity contribution >= 4 is 11.6 Å². The zero-order chi connectivity index (χ0) is 14.7. The predicted molar refractivity (Wildman–Crippen MR) is 68.3 cm³/mol. The van der Waals surface area contributed by atoms with E-state index in [4.69, 9.17) is 5.73 Å². The summed E-state index contributed by atoms with van der Waals surface area (Å²) in [7, 11) is 0. The van der Waals surface area contributed by atoms with Gasteiger partial charge in [0.2, 0.25) is 0 Å². The van der Waals surface area contributed by atoms with E-state index >= 15 is 0 Å². The molecule has 0 aliphatic heterocycles. The maximum atomic E-state index is 13.5. The lowest BCUT2D eigenvalue weighted by molar-refractivity contribution is 0.0947. The van der Waals surface area contributed by atoms with E-state index < -0.39 is 23.4 Å². The lowest BCUT2D eigenvalue weighted by atomic mass is 10.1. The summed E-state index contributed by atoms with van der Waals surface area (Å²) in [4.78, 5) is 11.7. The maximum absolute atomic E-state index is 13.5. The largest absolute Gasteiger partial charge is 0.399 e. The summed E-state index contributed by atoms with van der Waals surface area (Å²) in [6.07, 6.45) is 0. The van der Waals surface area contributed by atoms with E-state index in [0.29, 0.717) is 5.56 Å². The Labute approximate surface area is 113 Å². The fourth-order valence-electron chi connectivity index (χ4n) is 1.64. The van der Waals surface area contributed by atoms with E-state index in [-0.39, 0.29) is 17.8 Å². The molecule has 2 aromatic rings. The molecular weight excluding hydrogens is 269 g/mol. The molecule has 0 spiro atoms. The third kappa shape index (κ3) is 3.09. The Bertz CT molecular complexity index is 659. The van der Waals surface area contributed by atoms with Gasteiger partial charge in [0.1, 0.15) is 5.82 Å². The van der Waals surface area contributed by atoms with Crippen LogP contribution in [0.4, 0.5) is 18.9 Å². The summed E-state index contributed by atoms with van der Waals surface area (Å²) in [5.74, 6) is -3.37. The number of rotatable bonds is 3. The van der Waals surface area contributed by atoms with Crippen molar-refractivity contribution in [2.75, 3.05) is 5.73 Å². The van der Waals surface area contributed by atoms with Gasteiger partial charge in [0, 0.05) is 12.2 Å². The highest BCUT2D eigenvalue weighted by atomic mass is 19.2. The molecule has 0 saturated carbocycles. The Kier molecular flexibility index (Phi) is 3.93. The molecule has 0 fully saturated rings. The van der Waals surface area contributed by atoms with E-state index in [2.05, 4.69) is 5.32 Å². The molecule has 0 radical (unpaired) electrons. The van der Waals surface area contributed by atoms with Crippen LogP contribution in [-0.4, -0.2) is 5.91 Å². The molecule has 104 valence electrons. The third-order valence-corrected chi connectivity index (χ3v) is 2.67. The zero-order valence-electron chi connectivity index (χ0n) is 10.3. The van der Waals surface area contributed by atoms with Gasteiger partial charge in [-0.15, -0.1) is 0 Å². The summed E-state index contributed by atoms with van der Waals surface area (Å²) in [6, 6.07) is 6.95. The average Bonchev–Trinajstić information content (AvgIpc) is 2.40. The van der Waals surface area contributed by atoms with Crippen molar-refractivity contribution in [1.82, 2.24) is 5.32 Å². The number of nitrogen functional groups attached to an aromatic ring is 1. The fourth-order valence-corrected chi connectivity index (χ4v) is 1.64. The molecule has 3 N–H and O–H groups in total. The fraction of sp³-hybridized carbons (Fsp3) is 0.0714. The van der Waals surface area contributed by atoms with Gasteiger partial charge in [-0.2, -0.15) is 0 Å². The summed E-state index contributed by atoms with van der Waals surface area (Å²) < 4.78 is 39.2. The van der Waals surface area contributed by atoms with Gasteiger partial charge in [-0.3, -0.25) is 4.79 Å². The summed E-state index contributed by atoms with van der Waals surface area (Å²) in [5.41, 5.74) is 5.79. The van der Waals surface area contributed by atoms with Crippen molar-refractivity contribution in [3.63, 3.8) is 0 Å². The Morgan fingerprint density at radius 3 is 2.40 bits per heavy atom. The number of halogens is 3. The molecule has 0 saturated heterocycles. The van der Waals surface area contributed by atoms with Gasteiger partial charge in [0.25, 0.3) is 5.91 Å².